The molecule has 0 amide bonds. The maximum Gasteiger partial charge on any atom is 0.0666 e. The van der Waals surface area contributed by atoms with Gasteiger partial charge in [-0.3, -0.25) is 9.98 Å². The van der Waals surface area contributed by atoms with Crippen LogP contribution in [0.25, 0.3) is 0 Å². The van der Waals surface area contributed by atoms with Gasteiger partial charge in [0.1, 0.15) is 0 Å². The van der Waals surface area contributed by atoms with Gasteiger partial charge in [-0.05, 0) is 74.6 Å². The van der Waals surface area contributed by atoms with Crippen molar-refractivity contribution in [3.63, 3.8) is 0 Å². The predicted octanol–water partition coefficient (Wildman–Crippen LogP) is 26.8. The molecule has 0 N–H and O–H groups in total. The Bertz CT molecular complexity index is 1830. The van der Waals surface area contributed by atoms with Gasteiger partial charge in [0, 0.05) is 25.7 Å². The van der Waals surface area contributed by atoms with Crippen LogP contribution in [0.2, 0.25) is 0 Å². The third-order valence-electron chi connectivity index (χ3n) is 17.0. The van der Waals surface area contributed by atoms with E-state index in [9.17, 15) is 0 Å². The number of rotatable bonds is 57. The molecule has 0 unspecified atom stereocenters. The highest BCUT2D eigenvalue weighted by molar-refractivity contribution is 6.43. The van der Waals surface area contributed by atoms with E-state index in [0.717, 1.165) is 82.0 Å². The summed E-state index contributed by atoms with van der Waals surface area (Å²) in [5, 5.41) is 0. The van der Waals surface area contributed by atoms with Gasteiger partial charge in [0.15, 0.2) is 0 Å². The Morgan fingerprint density at radius 2 is 0.475 bits per heavy atom. The first-order chi connectivity index (χ1) is 39.7. The van der Waals surface area contributed by atoms with Crippen LogP contribution in [0, 0.1) is 23.7 Å². The molecule has 0 spiro atoms. The zero-order valence-electron chi connectivity index (χ0n) is 54.1. The van der Waals surface area contributed by atoms with Gasteiger partial charge in [0.2, 0.25) is 0 Å². The number of aryl methyl sites for hydroxylation is 2. The van der Waals surface area contributed by atoms with Crippen LogP contribution < -0.4 is 0 Å². The highest BCUT2D eigenvalue weighted by Gasteiger charge is 2.13. The Balaban J connectivity index is 1.78. The second-order valence-electron chi connectivity index (χ2n) is 24.6. The Hall–Kier alpha value is -3.10. The van der Waals surface area contributed by atoms with E-state index in [2.05, 4.69) is 99.9 Å². The lowest BCUT2D eigenvalue weighted by Gasteiger charge is -2.14. The van der Waals surface area contributed by atoms with E-state index in [0.29, 0.717) is 0 Å². The zero-order valence-corrected chi connectivity index (χ0v) is 54.1. The van der Waals surface area contributed by atoms with Crippen molar-refractivity contribution in [3.8, 4) is 23.7 Å². The van der Waals surface area contributed by atoms with Crippen molar-refractivity contribution in [2.24, 2.45) is 9.98 Å². The number of nitrogens with zero attached hydrogens (tertiary/aromatic N) is 2. The summed E-state index contributed by atoms with van der Waals surface area (Å²) >= 11 is 0. The summed E-state index contributed by atoms with van der Waals surface area (Å²) in [6.07, 6.45) is 74.6. The minimum Gasteiger partial charge on any atom is -0.251 e. The Kier molecular flexibility index (Phi) is 53.9. The molecular formula is C78H132N2. The van der Waals surface area contributed by atoms with Crippen LogP contribution in [0.4, 0.5) is 11.4 Å². The highest BCUT2D eigenvalue weighted by atomic mass is 14.8. The van der Waals surface area contributed by atoms with E-state index in [1.165, 1.54) is 311 Å². The Morgan fingerprint density at radius 1 is 0.250 bits per heavy atom. The van der Waals surface area contributed by atoms with Crippen LogP contribution in [0.3, 0.4) is 0 Å². The number of unbranched alkanes of at least 4 members (excludes halogenated alkanes) is 46. The first-order valence-corrected chi connectivity index (χ1v) is 36.0. The molecule has 454 valence electrons. The second kappa shape index (κ2) is 59.1. The van der Waals surface area contributed by atoms with Crippen LogP contribution in [-0.4, -0.2) is 11.4 Å². The lowest BCUT2D eigenvalue weighted by atomic mass is 10.00. The molecule has 2 heteroatoms. The molecule has 0 aliphatic rings. The molecule has 0 radical (unpaired) electrons. The zero-order chi connectivity index (χ0) is 57.0. The Morgan fingerprint density at radius 3 is 0.762 bits per heavy atom. The molecule has 2 nitrogen and oxygen atoms in total. The maximum absolute atomic E-state index is 5.56. The maximum atomic E-state index is 5.56. The van der Waals surface area contributed by atoms with Gasteiger partial charge >= 0.3 is 0 Å². The molecule has 0 aliphatic heterocycles. The van der Waals surface area contributed by atoms with Crippen LogP contribution in [-0.2, 0) is 12.8 Å². The molecule has 2 aromatic rings. The number of aliphatic imine (C=N–C) groups is 2. The van der Waals surface area contributed by atoms with Crippen LogP contribution in [0.15, 0.2) is 58.5 Å². The number of para-hydroxylation sites is 2. The number of benzene rings is 2. The average molecular weight is 1100 g/mol. The lowest BCUT2D eigenvalue weighted by molar-refractivity contribution is 0.522. The molecule has 80 heavy (non-hydrogen) atoms. The summed E-state index contributed by atoms with van der Waals surface area (Å²) in [6, 6.07) is 17.7. The van der Waals surface area contributed by atoms with Crippen molar-refractivity contribution in [2.75, 3.05) is 0 Å². The van der Waals surface area contributed by atoms with Crippen molar-refractivity contribution < 1.29 is 0 Å². The predicted molar refractivity (Wildman–Crippen MR) is 362 cm³/mol. The molecule has 2 aromatic carbocycles. The van der Waals surface area contributed by atoms with Crippen LogP contribution in [0.5, 0.6) is 0 Å². The monoisotopic (exact) mass is 1100 g/mol. The van der Waals surface area contributed by atoms with E-state index < -0.39 is 0 Å². The van der Waals surface area contributed by atoms with Crippen molar-refractivity contribution in [1.29, 1.82) is 0 Å². The molecule has 0 atom stereocenters. The van der Waals surface area contributed by atoms with Gasteiger partial charge in [-0.1, -0.05) is 347 Å². The molecule has 0 saturated heterocycles. The number of hydrogen-bond donors (Lipinski definition) is 0. The minimum absolute atomic E-state index is 0.893. The minimum atomic E-state index is 0.893. The molecule has 0 saturated carbocycles. The van der Waals surface area contributed by atoms with Gasteiger partial charge in [0.25, 0.3) is 0 Å². The molecule has 0 bridgehead atoms. The fraction of sp³-hybridized carbons (Fsp3) is 0.769. The smallest absolute Gasteiger partial charge is 0.0666 e. The summed E-state index contributed by atoms with van der Waals surface area (Å²) in [5.74, 6) is 14.2. The van der Waals surface area contributed by atoms with Crippen molar-refractivity contribution in [1.82, 2.24) is 0 Å². The first kappa shape index (κ1) is 73.0. The topological polar surface area (TPSA) is 24.7 Å². The number of hydrogen-bond acceptors (Lipinski definition) is 2. The summed E-state index contributed by atoms with van der Waals surface area (Å²) in [4.78, 5) is 11.1. The largest absolute Gasteiger partial charge is 0.251 e. The second-order valence-corrected chi connectivity index (χ2v) is 24.6. The van der Waals surface area contributed by atoms with Crippen molar-refractivity contribution in [3.05, 3.63) is 59.7 Å². The standard InChI is InChI=1S/C78H132N2/c1-5-9-13-16-19-21-23-25-27-29-31-33-35-37-39-41-43-45-47-49-51-53-55-58-65-73-67-61-63-70-75(73)79-77(69-12-8-4)78(72-60-57-18-15-11-7-3)80-76-71-64-62-68-74(76)66-59-56-54-52-50-48-46-44-42-40-38-36-34-32-30-28-26-24-22-20-17-14-10-6-2/h61-64,67-68,70-71H,5-52,57-60,65-66,69,72H2,1-4H3. The first-order valence-electron chi connectivity index (χ1n) is 36.0. The molecule has 0 fully saturated rings. The highest BCUT2D eigenvalue weighted by Crippen LogP contribution is 2.27. The SMILES string of the molecule is CCCCCCCCCCCCCCCCCCCCCCC#CCCc1ccccc1N=C(CCCC)C(CCCCCCCC)=Nc1ccccc1CCC#CCCCCCCCCCCCCCCCCCCCCCC. The molecular weight excluding hydrogens is 965 g/mol. The van der Waals surface area contributed by atoms with Crippen molar-refractivity contribution >= 4 is 22.8 Å². The fourth-order valence-corrected chi connectivity index (χ4v) is 11.6. The summed E-state index contributed by atoms with van der Waals surface area (Å²) in [7, 11) is 0. The molecule has 0 aromatic heterocycles. The van der Waals surface area contributed by atoms with E-state index in [4.69, 9.17) is 9.98 Å². The summed E-state index contributed by atoms with van der Waals surface area (Å²) in [5.41, 5.74) is 7.21. The third kappa shape index (κ3) is 45.4. The van der Waals surface area contributed by atoms with E-state index in [-0.39, 0.29) is 0 Å². The van der Waals surface area contributed by atoms with E-state index in [1.807, 2.05) is 0 Å². The van der Waals surface area contributed by atoms with Crippen LogP contribution in [0.1, 0.15) is 386 Å². The van der Waals surface area contributed by atoms with Crippen LogP contribution >= 0.6 is 0 Å². The van der Waals surface area contributed by atoms with Gasteiger partial charge in [-0.15, -0.1) is 23.7 Å². The van der Waals surface area contributed by atoms with Gasteiger partial charge in [-0.2, -0.15) is 0 Å². The lowest BCUT2D eigenvalue weighted by Crippen LogP contribution is -2.15. The summed E-state index contributed by atoms with van der Waals surface area (Å²) in [6.45, 7) is 9.23. The molecule has 0 heterocycles. The Labute approximate surface area is 500 Å². The van der Waals surface area contributed by atoms with E-state index >= 15 is 0 Å². The quantitative estimate of drug-likeness (QED) is 0.0358. The molecule has 2 rings (SSSR count). The normalized spacial score (nSPS) is 11.8. The molecule has 0 aliphatic carbocycles. The third-order valence-corrected chi connectivity index (χ3v) is 17.0. The van der Waals surface area contributed by atoms with Crippen molar-refractivity contribution in [2.45, 2.75) is 387 Å². The van der Waals surface area contributed by atoms with E-state index in [1.54, 1.807) is 0 Å². The average Bonchev–Trinajstić information content (AvgIpc) is 3.47. The van der Waals surface area contributed by atoms with Gasteiger partial charge in [0.05, 0.1) is 22.8 Å². The van der Waals surface area contributed by atoms with Gasteiger partial charge in [-0.25, -0.2) is 0 Å². The fourth-order valence-electron chi connectivity index (χ4n) is 11.6. The van der Waals surface area contributed by atoms with Gasteiger partial charge < -0.3 is 0 Å². The summed E-state index contributed by atoms with van der Waals surface area (Å²) < 4.78 is 0.